The summed E-state index contributed by atoms with van der Waals surface area (Å²) < 4.78 is 0. The van der Waals surface area contributed by atoms with E-state index in [1.807, 2.05) is 13.8 Å². The van der Waals surface area contributed by atoms with E-state index in [1.54, 1.807) is 0 Å². The van der Waals surface area contributed by atoms with Crippen molar-refractivity contribution in [2.24, 2.45) is 22.2 Å². The van der Waals surface area contributed by atoms with E-state index >= 15 is 0 Å². The molecule has 0 aromatic carbocycles. The molecule has 6 N–H and O–H groups in total. The van der Waals surface area contributed by atoms with Crippen LogP contribution in [0.25, 0.3) is 0 Å². The van der Waals surface area contributed by atoms with Gasteiger partial charge in [-0.2, -0.15) is 0 Å². The minimum absolute atomic E-state index is 0.0642. The molecule has 0 radical (unpaired) electrons. The van der Waals surface area contributed by atoms with E-state index in [1.165, 1.54) is 0 Å². The molecular weight excluding hydrogens is 168 g/mol. The molecule has 0 fully saturated rings. The Morgan fingerprint density at radius 1 is 1.54 bits per heavy atom. The van der Waals surface area contributed by atoms with Gasteiger partial charge in [0.25, 0.3) is 5.91 Å². The molecule has 13 heavy (non-hydrogen) atoms. The quantitative estimate of drug-likeness (QED) is 0.310. The standard InChI is InChI=1S/C8H16N4O/c1-3-5(2)12-7(10)6(4-9)8(11)13/h4-5H,3,9H2,1-2H3,(H2,10,12)(H2,11,13)/t5-/m0/s1. The van der Waals surface area contributed by atoms with Crippen molar-refractivity contribution in [3.63, 3.8) is 0 Å². The second-order valence-electron chi connectivity index (χ2n) is 2.72. The summed E-state index contributed by atoms with van der Waals surface area (Å²) in [6.07, 6.45) is 1.92. The largest absolute Gasteiger partial charge is 0.404 e. The third-order valence-corrected chi connectivity index (χ3v) is 1.66. The van der Waals surface area contributed by atoms with Gasteiger partial charge in [0.1, 0.15) is 5.84 Å². The van der Waals surface area contributed by atoms with E-state index < -0.39 is 5.91 Å². The molecule has 0 unspecified atom stereocenters. The molecule has 1 amide bonds. The summed E-state index contributed by atoms with van der Waals surface area (Å²) in [5.41, 5.74) is 15.8. The number of primary amides is 1. The smallest absolute Gasteiger partial charge is 0.253 e. The highest BCUT2D eigenvalue weighted by Gasteiger charge is 2.09. The molecule has 0 spiro atoms. The van der Waals surface area contributed by atoms with Gasteiger partial charge in [-0.15, -0.1) is 0 Å². The second-order valence-corrected chi connectivity index (χ2v) is 2.72. The highest BCUT2D eigenvalue weighted by Crippen LogP contribution is 1.98. The number of carbonyl (C=O) groups excluding carboxylic acids is 1. The first kappa shape index (κ1) is 11.5. The molecule has 0 rings (SSSR count). The fourth-order valence-corrected chi connectivity index (χ4v) is 0.692. The molecular formula is C8H16N4O. The topological polar surface area (TPSA) is 107 Å². The van der Waals surface area contributed by atoms with E-state index in [9.17, 15) is 4.79 Å². The SMILES string of the molecule is CC[C@H](C)N=C(N)C(=CN)C(N)=O. The summed E-state index contributed by atoms with van der Waals surface area (Å²) in [5, 5.41) is 0. The van der Waals surface area contributed by atoms with Gasteiger partial charge in [-0.3, -0.25) is 9.79 Å². The summed E-state index contributed by atoms with van der Waals surface area (Å²) in [4.78, 5) is 14.8. The van der Waals surface area contributed by atoms with Crippen LogP contribution in [-0.4, -0.2) is 17.8 Å². The van der Waals surface area contributed by atoms with E-state index in [4.69, 9.17) is 17.2 Å². The number of hydrogen-bond acceptors (Lipinski definition) is 3. The van der Waals surface area contributed by atoms with Crippen LogP contribution in [0.1, 0.15) is 20.3 Å². The lowest BCUT2D eigenvalue weighted by molar-refractivity contribution is -0.114. The van der Waals surface area contributed by atoms with Crippen molar-refractivity contribution in [2.75, 3.05) is 0 Å². The zero-order valence-electron chi connectivity index (χ0n) is 7.95. The molecule has 0 aromatic heterocycles. The zero-order chi connectivity index (χ0) is 10.4. The second kappa shape index (κ2) is 5.18. The van der Waals surface area contributed by atoms with Gasteiger partial charge in [-0.25, -0.2) is 0 Å². The minimum Gasteiger partial charge on any atom is -0.404 e. The lowest BCUT2D eigenvalue weighted by Crippen LogP contribution is -2.28. The van der Waals surface area contributed by atoms with Crippen LogP contribution in [0, 0.1) is 0 Å². The molecule has 1 atom stereocenters. The number of aliphatic imine (C=N–C) groups is 1. The lowest BCUT2D eigenvalue weighted by Gasteiger charge is -2.05. The van der Waals surface area contributed by atoms with E-state index in [-0.39, 0.29) is 17.5 Å². The molecule has 5 nitrogen and oxygen atoms in total. The van der Waals surface area contributed by atoms with Crippen molar-refractivity contribution < 1.29 is 4.79 Å². The van der Waals surface area contributed by atoms with Crippen LogP contribution in [0.4, 0.5) is 0 Å². The molecule has 74 valence electrons. The fraction of sp³-hybridized carbons (Fsp3) is 0.500. The molecule has 5 heteroatoms. The summed E-state index contributed by atoms with van der Waals surface area (Å²) in [6, 6.07) is 0.0642. The predicted molar refractivity (Wildman–Crippen MR) is 52.8 cm³/mol. The minimum atomic E-state index is -0.660. The maximum atomic E-state index is 10.8. The molecule has 0 aliphatic carbocycles. The van der Waals surface area contributed by atoms with Crippen LogP contribution in [0.3, 0.4) is 0 Å². The third-order valence-electron chi connectivity index (χ3n) is 1.66. The summed E-state index contributed by atoms with van der Waals surface area (Å²) in [5.74, 6) is -0.559. The van der Waals surface area contributed by atoms with Crippen LogP contribution in [0.5, 0.6) is 0 Å². The average molecular weight is 184 g/mol. The van der Waals surface area contributed by atoms with Crippen molar-refractivity contribution in [1.29, 1.82) is 0 Å². The Morgan fingerprint density at radius 2 is 2.08 bits per heavy atom. The third kappa shape index (κ3) is 3.59. The number of nitrogens with two attached hydrogens (primary N) is 3. The van der Waals surface area contributed by atoms with Crippen LogP contribution < -0.4 is 17.2 Å². The monoisotopic (exact) mass is 184 g/mol. The Morgan fingerprint density at radius 3 is 2.38 bits per heavy atom. The summed E-state index contributed by atoms with van der Waals surface area (Å²) >= 11 is 0. The molecule has 0 saturated heterocycles. The molecule has 0 heterocycles. The number of amidine groups is 1. The maximum Gasteiger partial charge on any atom is 0.253 e. The normalized spacial score (nSPS) is 15.5. The van der Waals surface area contributed by atoms with Crippen LogP contribution in [0.15, 0.2) is 16.8 Å². The average Bonchev–Trinajstić information content (AvgIpc) is 2.04. The van der Waals surface area contributed by atoms with Crippen molar-refractivity contribution in [1.82, 2.24) is 0 Å². The highest BCUT2D eigenvalue weighted by atomic mass is 16.1. The molecule has 0 saturated carbocycles. The van der Waals surface area contributed by atoms with Crippen molar-refractivity contribution >= 4 is 11.7 Å². The first-order valence-corrected chi connectivity index (χ1v) is 4.08. The van der Waals surface area contributed by atoms with Crippen molar-refractivity contribution in [3.8, 4) is 0 Å². The Labute approximate surface area is 77.7 Å². The Kier molecular flexibility index (Phi) is 4.58. The molecule has 0 aliphatic heterocycles. The Bertz CT molecular complexity index is 245. The first-order valence-electron chi connectivity index (χ1n) is 4.08. The highest BCUT2D eigenvalue weighted by molar-refractivity contribution is 6.19. The van der Waals surface area contributed by atoms with Crippen molar-refractivity contribution in [2.45, 2.75) is 26.3 Å². The first-order chi connectivity index (χ1) is 6.02. The van der Waals surface area contributed by atoms with E-state index in [0.29, 0.717) is 0 Å². The lowest BCUT2D eigenvalue weighted by atomic mass is 10.2. The molecule has 0 aliphatic rings. The number of hydrogen-bond donors (Lipinski definition) is 3. The van der Waals surface area contributed by atoms with Crippen LogP contribution >= 0.6 is 0 Å². The maximum absolute atomic E-state index is 10.8. The van der Waals surface area contributed by atoms with Gasteiger partial charge in [-0.05, 0) is 13.3 Å². The van der Waals surface area contributed by atoms with Gasteiger partial charge in [0.15, 0.2) is 0 Å². The van der Waals surface area contributed by atoms with Gasteiger partial charge < -0.3 is 17.2 Å². The summed E-state index contributed by atoms with van der Waals surface area (Å²) in [7, 11) is 0. The fourth-order valence-electron chi connectivity index (χ4n) is 0.692. The molecule has 0 bridgehead atoms. The predicted octanol–water partition coefficient (Wildman–Crippen LogP) is -0.530. The van der Waals surface area contributed by atoms with Gasteiger partial charge in [0.2, 0.25) is 0 Å². The Balaban J connectivity index is 4.65. The van der Waals surface area contributed by atoms with E-state index in [2.05, 4.69) is 4.99 Å². The zero-order valence-corrected chi connectivity index (χ0v) is 7.95. The van der Waals surface area contributed by atoms with Crippen LogP contribution in [-0.2, 0) is 4.79 Å². The van der Waals surface area contributed by atoms with Gasteiger partial charge in [0.05, 0.1) is 5.57 Å². The number of rotatable bonds is 4. The van der Waals surface area contributed by atoms with E-state index in [0.717, 1.165) is 12.6 Å². The van der Waals surface area contributed by atoms with Gasteiger partial charge in [-0.1, -0.05) is 6.92 Å². The molecule has 0 aromatic rings. The van der Waals surface area contributed by atoms with Crippen LogP contribution in [0.2, 0.25) is 0 Å². The summed E-state index contributed by atoms with van der Waals surface area (Å²) in [6.45, 7) is 3.86. The number of nitrogens with zero attached hydrogens (tertiary/aromatic N) is 1. The van der Waals surface area contributed by atoms with Crippen molar-refractivity contribution in [3.05, 3.63) is 11.8 Å². The number of amides is 1. The number of carbonyl (C=O) groups is 1. The Hall–Kier alpha value is -1.52. The van der Waals surface area contributed by atoms with Gasteiger partial charge in [0, 0.05) is 12.2 Å². The van der Waals surface area contributed by atoms with Gasteiger partial charge >= 0.3 is 0 Å².